The molecule has 0 spiro atoms. The molecule has 1 aliphatic heterocycles. The fourth-order valence-corrected chi connectivity index (χ4v) is 3.17. The van der Waals surface area contributed by atoms with Crippen LogP contribution in [0, 0.1) is 6.92 Å². The van der Waals surface area contributed by atoms with Crippen LogP contribution in [0.1, 0.15) is 34.1 Å². The van der Waals surface area contributed by atoms with Gasteiger partial charge in [0, 0.05) is 51.2 Å². The van der Waals surface area contributed by atoms with Crippen LogP contribution in [0.3, 0.4) is 0 Å². The lowest BCUT2D eigenvalue weighted by atomic mass is 10.1. The van der Waals surface area contributed by atoms with Gasteiger partial charge in [-0.25, -0.2) is 0 Å². The number of piperazine rings is 1. The molecule has 1 aromatic heterocycles. The topological polar surface area (TPSA) is 48.5 Å². The predicted molar refractivity (Wildman–Crippen MR) is 104 cm³/mol. The molecule has 0 aliphatic carbocycles. The summed E-state index contributed by atoms with van der Waals surface area (Å²) < 4.78 is 0. The fraction of sp³-hybridized carbons (Fsp3) is 0.429. The number of amides is 1. The van der Waals surface area contributed by atoms with Gasteiger partial charge in [0.1, 0.15) is 0 Å². The van der Waals surface area contributed by atoms with Gasteiger partial charge in [-0.05, 0) is 36.7 Å². The molecule has 1 aliphatic rings. The zero-order chi connectivity index (χ0) is 18.4. The third-order valence-corrected chi connectivity index (χ3v) is 4.97. The Balaban J connectivity index is 1.47. The van der Waals surface area contributed by atoms with Crippen LogP contribution >= 0.6 is 0 Å². The van der Waals surface area contributed by atoms with Gasteiger partial charge in [-0.3, -0.25) is 14.7 Å². The summed E-state index contributed by atoms with van der Waals surface area (Å²) in [7, 11) is 0. The van der Waals surface area contributed by atoms with E-state index in [1.54, 1.807) is 12.3 Å². The summed E-state index contributed by atoms with van der Waals surface area (Å²) >= 11 is 0. The van der Waals surface area contributed by atoms with Crippen LogP contribution in [0.25, 0.3) is 0 Å². The Morgan fingerprint density at radius 3 is 2.27 bits per heavy atom. The van der Waals surface area contributed by atoms with E-state index in [-0.39, 0.29) is 5.91 Å². The standard InChI is InChI=1S/C21H28N4O/c1-3-24-10-12-25(13-11-24)16-19-7-5-18(6-8-19)14-23-21(26)20-9-4-17(2)22-15-20/h4-9,15H,3,10-14,16H2,1-2H3,(H,23,26). The van der Waals surface area contributed by atoms with Gasteiger partial charge >= 0.3 is 0 Å². The van der Waals surface area contributed by atoms with Crippen LogP contribution in [0.2, 0.25) is 0 Å². The Morgan fingerprint density at radius 2 is 1.65 bits per heavy atom. The van der Waals surface area contributed by atoms with E-state index in [2.05, 4.69) is 51.3 Å². The van der Waals surface area contributed by atoms with Gasteiger partial charge in [0.2, 0.25) is 0 Å². The average Bonchev–Trinajstić information content (AvgIpc) is 2.68. The molecule has 0 saturated carbocycles. The van der Waals surface area contributed by atoms with Gasteiger partial charge in [0.25, 0.3) is 5.91 Å². The highest BCUT2D eigenvalue weighted by Crippen LogP contribution is 2.10. The van der Waals surface area contributed by atoms with Crippen molar-refractivity contribution >= 4 is 5.91 Å². The second-order valence-electron chi connectivity index (χ2n) is 6.90. The van der Waals surface area contributed by atoms with Crippen molar-refractivity contribution in [1.82, 2.24) is 20.1 Å². The van der Waals surface area contributed by atoms with Gasteiger partial charge in [-0.1, -0.05) is 31.2 Å². The molecule has 0 radical (unpaired) electrons. The number of hydrogen-bond acceptors (Lipinski definition) is 4. The molecule has 0 bridgehead atoms. The molecule has 2 aromatic rings. The predicted octanol–water partition coefficient (Wildman–Crippen LogP) is 2.46. The van der Waals surface area contributed by atoms with Crippen molar-refractivity contribution in [2.45, 2.75) is 26.9 Å². The second kappa shape index (κ2) is 8.92. The summed E-state index contributed by atoms with van der Waals surface area (Å²) in [4.78, 5) is 21.3. The minimum atomic E-state index is -0.0876. The van der Waals surface area contributed by atoms with Gasteiger partial charge in [-0.2, -0.15) is 0 Å². The summed E-state index contributed by atoms with van der Waals surface area (Å²) in [6.07, 6.45) is 1.62. The lowest BCUT2D eigenvalue weighted by molar-refractivity contribution is 0.0950. The zero-order valence-corrected chi connectivity index (χ0v) is 15.7. The van der Waals surface area contributed by atoms with E-state index in [1.807, 2.05) is 13.0 Å². The summed E-state index contributed by atoms with van der Waals surface area (Å²) in [5.41, 5.74) is 3.94. The molecular formula is C21H28N4O. The van der Waals surface area contributed by atoms with Crippen molar-refractivity contribution < 1.29 is 4.79 Å². The highest BCUT2D eigenvalue weighted by molar-refractivity contribution is 5.93. The molecule has 2 heterocycles. The van der Waals surface area contributed by atoms with E-state index >= 15 is 0 Å². The first-order valence-corrected chi connectivity index (χ1v) is 9.37. The highest BCUT2D eigenvalue weighted by atomic mass is 16.1. The summed E-state index contributed by atoms with van der Waals surface area (Å²) in [5, 5.41) is 2.95. The third kappa shape index (κ3) is 5.13. The smallest absolute Gasteiger partial charge is 0.253 e. The molecule has 1 saturated heterocycles. The lowest BCUT2D eigenvalue weighted by Gasteiger charge is -2.34. The maximum Gasteiger partial charge on any atom is 0.253 e. The number of carbonyl (C=O) groups is 1. The number of carbonyl (C=O) groups excluding carboxylic acids is 1. The Morgan fingerprint density at radius 1 is 1.00 bits per heavy atom. The minimum absolute atomic E-state index is 0.0876. The van der Waals surface area contributed by atoms with Crippen LogP contribution in [-0.4, -0.2) is 53.4 Å². The van der Waals surface area contributed by atoms with Gasteiger partial charge < -0.3 is 10.2 Å². The van der Waals surface area contributed by atoms with E-state index < -0.39 is 0 Å². The largest absolute Gasteiger partial charge is 0.348 e. The van der Waals surface area contributed by atoms with Gasteiger partial charge in [0.05, 0.1) is 5.56 Å². The molecule has 1 aromatic carbocycles. The van der Waals surface area contributed by atoms with E-state index in [1.165, 1.54) is 5.56 Å². The fourth-order valence-electron chi connectivity index (χ4n) is 3.17. The van der Waals surface area contributed by atoms with E-state index in [4.69, 9.17) is 0 Å². The molecule has 1 amide bonds. The molecule has 1 N–H and O–H groups in total. The Kier molecular flexibility index (Phi) is 6.36. The van der Waals surface area contributed by atoms with E-state index in [0.29, 0.717) is 12.1 Å². The first-order valence-electron chi connectivity index (χ1n) is 9.37. The molecule has 3 rings (SSSR count). The van der Waals surface area contributed by atoms with Gasteiger partial charge in [-0.15, -0.1) is 0 Å². The Hall–Kier alpha value is -2.24. The van der Waals surface area contributed by atoms with Gasteiger partial charge in [0.15, 0.2) is 0 Å². The maximum absolute atomic E-state index is 12.1. The average molecular weight is 352 g/mol. The number of hydrogen-bond donors (Lipinski definition) is 1. The Bertz CT molecular complexity index is 704. The first kappa shape index (κ1) is 18.5. The molecule has 5 heteroatoms. The number of pyridine rings is 1. The normalized spacial score (nSPS) is 15.8. The lowest BCUT2D eigenvalue weighted by Crippen LogP contribution is -2.45. The highest BCUT2D eigenvalue weighted by Gasteiger charge is 2.15. The monoisotopic (exact) mass is 352 g/mol. The van der Waals surface area contributed by atoms with Crippen molar-refractivity contribution in [1.29, 1.82) is 0 Å². The summed E-state index contributed by atoms with van der Waals surface area (Å²) in [6.45, 7) is 11.4. The molecule has 0 atom stereocenters. The van der Waals surface area contributed by atoms with Crippen LogP contribution in [-0.2, 0) is 13.1 Å². The Labute approximate surface area is 156 Å². The van der Waals surface area contributed by atoms with Crippen LogP contribution in [0.5, 0.6) is 0 Å². The molecule has 26 heavy (non-hydrogen) atoms. The van der Waals surface area contributed by atoms with Crippen molar-refractivity contribution in [3.8, 4) is 0 Å². The molecular weight excluding hydrogens is 324 g/mol. The number of aromatic nitrogens is 1. The second-order valence-corrected chi connectivity index (χ2v) is 6.90. The van der Waals surface area contributed by atoms with E-state index in [0.717, 1.165) is 50.5 Å². The minimum Gasteiger partial charge on any atom is -0.348 e. The number of likely N-dealkylation sites (N-methyl/N-ethyl adjacent to an activating group) is 1. The quantitative estimate of drug-likeness (QED) is 0.868. The summed E-state index contributed by atoms with van der Waals surface area (Å²) in [6, 6.07) is 12.2. The van der Waals surface area contributed by atoms with Crippen molar-refractivity contribution in [2.24, 2.45) is 0 Å². The molecule has 1 fully saturated rings. The summed E-state index contributed by atoms with van der Waals surface area (Å²) in [5.74, 6) is -0.0876. The van der Waals surface area contributed by atoms with Crippen molar-refractivity contribution in [2.75, 3.05) is 32.7 Å². The SMILES string of the molecule is CCN1CCN(Cc2ccc(CNC(=O)c3ccc(C)nc3)cc2)CC1. The molecule has 5 nitrogen and oxygen atoms in total. The molecule has 138 valence electrons. The number of nitrogens with one attached hydrogen (secondary N) is 1. The number of rotatable bonds is 6. The number of benzene rings is 1. The number of nitrogens with zero attached hydrogens (tertiary/aromatic N) is 3. The van der Waals surface area contributed by atoms with Crippen LogP contribution in [0.4, 0.5) is 0 Å². The van der Waals surface area contributed by atoms with Crippen molar-refractivity contribution in [3.63, 3.8) is 0 Å². The number of aryl methyl sites for hydroxylation is 1. The van der Waals surface area contributed by atoms with Crippen LogP contribution < -0.4 is 5.32 Å². The maximum atomic E-state index is 12.1. The third-order valence-electron chi connectivity index (χ3n) is 4.97. The van der Waals surface area contributed by atoms with Crippen LogP contribution in [0.15, 0.2) is 42.6 Å². The zero-order valence-electron chi connectivity index (χ0n) is 15.7. The van der Waals surface area contributed by atoms with E-state index in [9.17, 15) is 4.79 Å². The first-order chi connectivity index (χ1) is 12.6. The molecule has 0 unspecified atom stereocenters. The van der Waals surface area contributed by atoms with Crippen molar-refractivity contribution in [3.05, 3.63) is 65.0 Å².